The molecule has 9 heteroatoms. The molecule has 154 valence electrons. The fourth-order valence-corrected chi connectivity index (χ4v) is 3.21. The average molecular weight is 523 g/mol. The van der Waals surface area contributed by atoms with E-state index in [1.807, 2.05) is 19.1 Å². The summed E-state index contributed by atoms with van der Waals surface area (Å²) in [5, 5.41) is 6.01. The highest BCUT2D eigenvalue weighted by molar-refractivity contribution is 14.0. The van der Waals surface area contributed by atoms with E-state index in [9.17, 15) is 17.2 Å². The van der Waals surface area contributed by atoms with Gasteiger partial charge in [0.15, 0.2) is 15.8 Å². The molecule has 5 nitrogen and oxygen atoms in total. The smallest absolute Gasteiger partial charge is 0.191 e. The van der Waals surface area contributed by atoms with Crippen LogP contribution < -0.4 is 10.6 Å². The van der Waals surface area contributed by atoms with E-state index in [4.69, 9.17) is 0 Å². The van der Waals surface area contributed by atoms with Crippen LogP contribution in [0.1, 0.15) is 23.6 Å². The molecular formula is C19H24F2IN3O2S. The van der Waals surface area contributed by atoms with Crippen LogP contribution in [0.15, 0.2) is 47.5 Å². The highest BCUT2D eigenvalue weighted by Crippen LogP contribution is 2.10. The second-order valence-electron chi connectivity index (χ2n) is 6.17. The molecule has 0 saturated heterocycles. The Morgan fingerprint density at radius 2 is 1.68 bits per heavy atom. The molecule has 0 unspecified atom stereocenters. The highest BCUT2D eigenvalue weighted by atomic mass is 127. The number of guanidine groups is 1. The third-order valence-corrected chi connectivity index (χ3v) is 4.53. The van der Waals surface area contributed by atoms with Gasteiger partial charge in [-0.3, -0.25) is 0 Å². The first-order valence-electron chi connectivity index (χ1n) is 8.48. The van der Waals surface area contributed by atoms with Gasteiger partial charge in [0.2, 0.25) is 0 Å². The molecule has 0 saturated carbocycles. The Kier molecular flexibility index (Phi) is 9.80. The van der Waals surface area contributed by atoms with Crippen LogP contribution in [0.25, 0.3) is 0 Å². The fourth-order valence-electron chi connectivity index (χ4n) is 2.41. The van der Waals surface area contributed by atoms with Crippen molar-refractivity contribution in [3.05, 3.63) is 70.8 Å². The van der Waals surface area contributed by atoms with Gasteiger partial charge in [-0.25, -0.2) is 22.2 Å². The molecule has 0 spiro atoms. The molecule has 0 aliphatic rings. The van der Waals surface area contributed by atoms with E-state index in [0.717, 1.165) is 29.3 Å². The van der Waals surface area contributed by atoms with Gasteiger partial charge in [0.05, 0.1) is 12.3 Å². The van der Waals surface area contributed by atoms with Crippen molar-refractivity contribution in [3.63, 3.8) is 0 Å². The predicted octanol–water partition coefficient (Wildman–Crippen LogP) is 3.38. The SMILES string of the molecule is CCNC(=NCc1ccc(CS(C)(=O)=O)cc1)NCc1cc(F)ccc1F.I. The molecule has 2 N–H and O–H groups in total. The number of nitrogens with one attached hydrogen (secondary N) is 2. The Bertz CT molecular complexity index is 904. The standard InChI is InChI=1S/C19H23F2N3O2S.HI/c1-3-22-19(24-12-16-10-17(20)8-9-18(16)21)23-11-14-4-6-15(7-5-14)13-27(2,25)26;/h4-10H,3,11-13H2,1-2H3,(H2,22,23,24);1H. The van der Waals surface area contributed by atoms with Gasteiger partial charge in [-0.2, -0.15) is 0 Å². The number of hydrogen-bond donors (Lipinski definition) is 2. The summed E-state index contributed by atoms with van der Waals surface area (Å²) in [5.41, 5.74) is 1.84. The minimum absolute atomic E-state index is 0. The zero-order valence-corrected chi connectivity index (χ0v) is 18.9. The largest absolute Gasteiger partial charge is 0.357 e. The molecule has 0 radical (unpaired) electrons. The molecular weight excluding hydrogens is 499 g/mol. The van der Waals surface area contributed by atoms with E-state index in [-0.39, 0.29) is 41.8 Å². The van der Waals surface area contributed by atoms with E-state index in [1.54, 1.807) is 12.1 Å². The summed E-state index contributed by atoms with van der Waals surface area (Å²) in [6.07, 6.45) is 1.20. The number of nitrogens with zero attached hydrogens (tertiary/aromatic N) is 1. The van der Waals surface area contributed by atoms with E-state index < -0.39 is 21.5 Å². The van der Waals surface area contributed by atoms with Gasteiger partial charge >= 0.3 is 0 Å². The minimum Gasteiger partial charge on any atom is -0.357 e. The van der Waals surface area contributed by atoms with Gasteiger partial charge in [-0.05, 0) is 36.2 Å². The Hall–Kier alpha value is -1.75. The van der Waals surface area contributed by atoms with Crippen molar-refractivity contribution >= 4 is 39.8 Å². The van der Waals surface area contributed by atoms with Gasteiger partial charge in [0.25, 0.3) is 0 Å². The lowest BCUT2D eigenvalue weighted by atomic mass is 10.1. The monoisotopic (exact) mass is 523 g/mol. The maximum absolute atomic E-state index is 13.7. The summed E-state index contributed by atoms with van der Waals surface area (Å²) in [7, 11) is -3.07. The van der Waals surface area contributed by atoms with Crippen LogP contribution in [-0.2, 0) is 28.7 Å². The van der Waals surface area contributed by atoms with Crippen LogP contribution in [0.2, 0.25) is 0 Å². The van der Waals surface area contributed by atoms with Crippen molar-refractivity contribution in [1.29, 1.82) is 0 Å². The Balaban J connectivity index is 0.00000392. The zero-order valence-electron chi connectivity index (χ0n) is 15.7. The molecule has 0 fully saturated rings. The molecule has 0 bridgehead atoms. The molecule has 0 aliphatic carbocycles. The summed E-state index contributed by atoms with van der Waals surface area (Å²) in [6, 6.07) is 10.5. The van der Waals surface area contributed by atoms with E-state index in [0.29, 0.717) is 19.0 Å². The lowest BCUT2D eigenvalue weighted by molar-refractivity contribution is 0.581. The van der Waals surface area contributed by atoms with Crippen LogP contribution >= 0.6 is 24.0 Å². The van der Waals surface area contributed by atoms with E-state index in [2.05, 4.69) is 15.6 Å². The van der Waals surface area contributed by atoms with Crippen molar-refractivity contribution in [2.24, 2.45) is 4.99 Å². The topological polar surface area (TPSA) is 70.6 Å². The van der Waals surface area contributed by atoms with Gasteiger partial charge in [0, 0.05) is 24.9 Å². The van der Waals surface area contributed by atoms with Crippen LogP contribution in [0, 0.1) is 11.6 Å². The first-order valence-corrected chi connectivity index (χ1v) is 10.5. The van der Waals surface area contributed by atoms with Gasteiger partial charge in [-0.15, -0.1) is 24.0 Å². The first kappa shape index (κ1) is 24.3. The maximum Gasteiger partial charge on any atom is 0.191 e. The summed E-state index contributed by atoms with van der Waals surface area (Å²) >= 11 is 0. The summed E-state index contributed by atoms with van der Waals surface area (Å²) in [6.45, 7) is 2.98. The average Bonchev–Trinajstić information content (AvgIpc) is 2.60. The summed E-state index contributed by atoms with van der Waals surface area (Å²) in [4.78, 5) is 4.42. The number of hydrogen-bond acceptors (Lipinski definition) is 3. The molecule has 0 amide bonds. The van der Waals surface area contributed by atoms with Gasteiger partial charge in [0.1, 0.15) is 11.6 Å². The van der Waals surface area contributed by atoms with Crippen molar-refractivity contribution < 1.29 is 17.2 Å². The molecule has 2 aromatic rings. The second-order valence-corrected chi connectivity index (χ2v) is 8.31. The molecule has 0 aliphatic heterocycles. The number of aliphatic imine (C=N–C) groups is 1. The number of halogens is 3. The van der Waals surface area contributed by atoms with E-state index >= 15 is 0 Å². The van der Waals surface area contributed by atoms with Crippen LogP contribution in [0.4, 0.5) is 8.78 Å². The third kappa shape index (κ3) is 8.51. The number of sulfone groups is 1. The summed E-state index contributed by atoms with van der Waals surface area (Å²) in [5.74, 6) is -0.508. The molecule has 28 heavy (non-hydrogen) atoms. The maximum atomic E-state index is 13.7. The normalized spacial score (nSPS) is 11.6. The molecule has 2 rings (SSSR count). The van der Waals surface area contributed by atoms with Crippen LogP contribution in [0.3, 0.4) is 0 Å². The van der Waals surface area contributed by atoms with Crippen molar-refractivity contribution in [2.45, 2.75) is 25.8 Å². The molecule has 0 heterocycles. The number of rotatable bonds is 7. The quantitative estimate of drug-likeness (QED) is 0.332. The Labute approximate surface area is 181 Å². The van der Waals surface area contributed by atoms with Crippen molar-refractivity contribution in [2.75, 3.05) is 12.8 Å². The third-order valence-electron chi connectivity index (χ3n) is 3.67. The Morgan fingerprint density at radius 3 is 2.29 bits per heavy atom. The number of benzene rings is 2. The zero-order chi connectivity index (χ0) is 19.9. The highest BCUT2D eigenvalue weighted by Gasteiger charge is 2.06. The lowest BCUT2D eigenvalue weighted by Crippen LogP contribution is -2.37. The lowest BCUT2D eigenvalue weighted by Gasteiger charge is -2.12. The van der Waals surface area contributed by atoms with Crippen LogP contribution in [0.5, 0.6) is 0 Å². The molecule has 0 atom stereocenters. The Morgan fingerprint density at radius 1 is 1.04 bits per heavy atom. The first-order chi connectivity index (χ1) is 12.8. The fraction of sp³-hybridized carbons (Fsp3) is 0.316. The predicted molar refractivity (Wildman–Crippen MR) is 118 cm³/mol. The van der Waals surface area contributed by atoms with Gasteiger partial charge in [-0.1, -0.05) is 24.3 Å². The van der Waals surface area contributed by atoms with Gasteiger partial charge < -0.3 is 10.6 Å². The van der Waals surface area contributed by atoms with E-state index in [1.165, 1.54) is 6.26 Å². The van der Waals surface area contributed by atoms with Crippen molar-refractivity contribution in [1.82, 2.24) is 10.6 Å². The molecule has 2 aromatic carbocycles. The minimum atomic E-state index is -3.07. The molecule has 0 aromatic heterocycles. The van der Waals surface area contributed by atoms with Crippen LogP contribution in [-0.4, -0.2) is 27.2 Å². The van der Waals surface area contributed by atoms with Crippen molar-refractivity contribution in [3.8, 4) is 0 Å². The second kappa shape index (κ2) is 11.3. The summed E-state index contributed by atoms with van der Waals surface area (Å²) < 4.78 is 49.6.